The van der Waals surface area contributed by atoms with Gasteiger partial charge in [0.2, 0.25) is 0 Å². The molecule has 4 aromatic rings. The van der Waals surface area contributed by atoms with Crippen LogP contribution in [-0.2, 0) is 30.7 Å². The number of carboxylic acid groups (broad SMARTS) is 1. The Morgan fingerprint density at radius 3 is 2.66 bits per heavy atom. The second-order valence-electron chi connectivity index (χ2n) is 8.56. The number of aryl methyl sites for hydroxylation is 1. The van der Waals surface area contributed by atoms with Crippen LogP contribution in [0.3, 0.4) is 0 Å². The summed E-state index contributed by atoms with van der Waals surface area (Å²) in [7, 11) is 1.66. The van der Waals surface area contributed by atoms with Crippen molar-refractivity contribution in [2.45, 2.75) is 26.0 Å². The molecule has 35 heavy (non-hydrogen) atoms. The molecule has 2 aromatic carbocycles. The highest BCUT2D eigenvalue weighted by molar-refractivity contribution is 5.95. The number of aromatic nitrogens is 2. The molecule has 0 aliphatic heterocycles. The average molecular weight is 468 g/mol. The van der Waals surface area contributed by atoms with Crippen molar-refractivity contribution in [3.8, 4) is 16.9 Å². The number of nitrogens with zero attached hydrogens (tertiary/aromatic N) is 2. The van der Waals surface area contributed by atoms with Crippen molar-refractivity contribution in [2.75, 3.05) is 7.11 Å². The lowest BCUT2D eigenvalue weighted by molar-refractivity contribution is 0.0695. The van der Waals surface area contributed by atoms with Gasteiger partial charge in [-0.3, -0.25) is 9.78 Å². The van der Waals surface area contributed by atoms with E-state index in [1.165, 1.54) is 0 Å². The summed E-state index contributed by atoms with van der Waals surface area (Å²) in [5, 5.41) is 12.8. The molecule has 0 unspecified atom stereocenters. The second kappa shape index (κ2) is 9.56. The standard InChI is InChI=1S/C28H25N3O4/c1-35-17-19-7-5-18(6-8-19)14-30-27(32)20-3-2-4-22(13-20)31-16-25(28(33)34)24-10-9-21-15-29-12-11-23(21)26(24)31/h2-8,11-13,15-16H,9-10,14,17H2,1H3,(H,30,32)(H,33,34). The third-order valence-electron chi connectivity index (χ3n) is 6.32. The minimum absolute atomic E-state index is 0.197. The number of hydrogen-bond donors (Lipinski definition) is 2. The Morgan fingerprint density at radius 1 is 1.09 bits per heavy atom. The van der Waals surface area contributed by atoms with Gasteiger partial charge in [-0.05, 0) is 59.4 Å². The Balaban J connectivity index is 1.43. The zero-order chi connectivity index (χ0) is 24.4. The maximum Gasteiger partial charge on any atom is 0.337 e. The summed E-state index contributed by atoms with van der Waals surface area (Å²) in [5.41, 5.74) is 7.30. The van der Waals surface area contributed by atoms with E-state index in [4.69, 9.17) is 4.74 Å². The molecule has 0 atom stereocenters. The number of amides is 1. The fourth-order valence-electron chi connectivity index (χ4n) is 4.60. The number of carbonyl (C=O) groups is 2. The number of pyridine rings is 1. The van der Waals surface area contributed by atoms with Crippen LogP contribution in [0.4, 0.5) is 0 Å². The average Bonchev–Trinajstić information content (AvgIpc) is 3.29. The van der Waals surface area contributed by atoms with Gasteiger partial charge in [0.1, 0.15) is 0 Å². The zero-order valence-electron chi connectivity index (χ0n) is 19.3. The first-order valence-electron chi connectivity index (χ1n) is 11.4. The molecule has 0 saturated heterocycles. The number of methoxy groups -OCH3 is 1. The number of hydrogen-bond acceptors (Lipinski definition) is 4. The lowest BCUT2D eigenvalue weighted by Gasteiger charge is -2.20. The molecule has 2 N–H and O–H groups in total. The summed E-state index contributed by atoms with van der Waals surface area (Å²) in [5.74, 6) is -1.15. The fourth-order valence-corrected chi connectivity index (χ4v) is 4.60. The Hall–Kier alpha value is -4.23. The van der Waals surface area contributed by atoms with Crippen molar-refractivity contribution < 1.29 is 19.4 Å². The van der Waals surface area contributed by atoms with Crippen LogP contribution in [0, 0.1) is 0 Å². The topological polar surface area (TPSA) is 93.5 Å². The molecule has 0 saturated carbocycles. The summed E-state index contributed by atoms with van der Waals surface area (Å²) < 4.78 is 7.01. The Kier molecular flexibility index (Phi) is 6.16. The van der Waals surface area contributed by atoms with Gasteiger partial charge >= 0.3 is 5.97 Å². The van der Waals surface area contributed by atoms with E-state index in [1.807, 2.05) is 53.2 Å². The van der Waals surface area contributed by atoms with Crippen molar-refractivity contribution in [1.29, 1.82) is 0 Å². The molecular weight excluding hydrogens is 442 g/mol. The highest BCUT2D eigenvalue weighted by Gasteiger charge is 2.27. The quantitative estimate of drug-likeness (QED) is 0.420. The first kappa shape index (κ1) is 22.6. The van der Waals surface area contributed by atoms with Gasteiger partial charge in [-0.1, -0.05) is 30.3 Å². The highest BCUT2D eigenvalue weighted by atomic mass is 16.5. The van der Waals surface area contributed by atoms with E-state index in [0.29, 0.717) is 25.1 Å². The van der Waals surface area contributed by atoms with Crippen molar-refractivity contribution in [3.63, 3.8) is 0 Å². The number of nitrogens with one attached hydrogen (secondary N) is 1. The molecule has 5 rings (SSSR count). The van der Waals surface area contributed by atoms with Crippen molar-refractivity contribution >= 4 is 11.9 Å². The molecule has 1 aliphatic carbocycles. The van der Waals surface area contributed by atoms with Crippen molar-refractivity contribution in [2.24, 2.45) is 0 Å². The molecule has 1 aliphatic rings. The predicted molar refractivity (Wildman–Crippen MR) is 132 cm³/mol. The summed E-state index contributed by atoms with van der Waals surface area (Å²) in [6, 6.07) is 17.1. The zero-order valence-corrected chi connectivity index (χ0v) is 19.3. The van der Waals surface area contributed by atoms with E-state index >= 15 is 0 Å². The summed E-state index contributed by atoms with van der Waals surface area (Å²) >= 11 is 0. The number of carboxylic acids is 1. The van der Waals surface area contributed by atoms with E-state index in [2.05, 4.69) is 10.3 Å². The molecule has 7 heteroatoms. The smallest absolute Gasteiger partial charge is 0.337 e. The number of carbonyl (C=O) groups excluding carboxylic acids is 1. The normalized spacial score (nSPS) is 12.0. The third kappa shape index (κ3) is 4.46. The number of benzene rings is 2. The van der Waals surface area contributed by atoms with Gasteiger partial charge in [0, 0.05) is 49.1 Å². The van der Waals surface area contributed by atoms with Crippen LogP contribution in [-0.4, -0.2) is 33.6 Å². The van der Waals surface area contributed by atoms with Crippen LogP contribution in [0.5, 0.6) is 0 Å². The maximum absolute atomic E-state index is 12.9. The molecule has 1 amide bonds. The van der Waals surface area contributed by atoms with Gasteiger partial charge in [0.15, 0.2) is 0 Å². The van der Waals surface area contributed by atoms with Crippen molar-refractivity contribution in [3.05, 3.63) is 107 Å². The lowest BCUT2D eigenvalue weighted by Crippen LogP contribution is -2.23. The lowest BCUT2D eigenvalue weighted by atomic mass is 9.90. The number of aromatic carboxylic acids is 1. The summed E-state index contributed by atoms with van der Waals surface area (Å²) in [6.07, 6.45) is 6.58. The highest BCUT2D eigenvalue weighted by Crippen LogP contribution is 2.38. The Morgan fingerprint density at radius 2 is 1.89 bits per heavy atom. The first-order chi connectivity index (χ1) is 17.0. The minimum atomic E-state index is -0.956. The molecule has 7 nitrogen and oxygen atoms in total. The van der Waals surface area contributed by atoms with Gasteiger partial charge in [0.25, 0.3) is 5.91 Å². The van der Waals surface area contributed by atoms with Gasteiger partial charge in [-0.25, -0.2) is 4.79 Å². The van der Waals surface area contributed by atoms with E-state index < -0.39 is 5.97 Å². The van der Waals surface area contributed by atoms with Crippen LogP contribution in [0.15, 0.2) is 73.2 Å². The van der Waals surface area contributed by atoms with E-state index in [0.717, 1.165) is 45.6 Å². The fraction of sp³-hybridized carbons (Fsp3) is 0.179. The molecule has 2 aromatic heterocycles. The second-order valence-corrected chi connectivity index (χ2v) is 8.56. The van der Waals surface area contributed by atoms with Gasteiger partial charge < -0.3 is 19.7 Å². The molecule has 0 radical (unpaired) electrons. The summed E-state index contributed by atoms with van der Waals surface area (Å²) in [4.78, 5) is 29.1. The molecule has 176 valence electrons. The molecule has 2 heterocycles. The van der Waals surface area contributed by atoms with Gasteiger partial charge in [-0.2, -0.15) is 0 Å². The summed E-state index contributed by atoms with van der Waals surface area (Å²) in [6.45, 7) is 0.950. The van der Waals surface area contributed by atoms with Crippen LogP contribution >= 0.6 is 0 Å². The van der Waals surface area contributed by atoms with Gasteiger partial charge in [0.05, 0.1) is 17.9 Å². The monoisotopic (exact) mass is 467 g/mol. The maximum atomic E-state index is 12.9. The van der Waals surface area contributed by atoms with E-state index in [-0.39, 0.29) is 11.5 Å². The molecule has 0 spiro atoms. The molecular formula is C28H25N3O4. The predicted octanol–water partition coefficient (Wildman–Crippen LogP) is 4.41. The Labute approximate surface area is 203 Å². The third-order valence-corrected chi connectivity index (χ3v) is 6.32. The number of ether oxygens (including phenoxy) is 1. The number of fused-ring (bicyclic) bond motifs is 3. The molecule has 0 bridgehead atoms. The molecule has 0 fully saturated rings. The van der Waals surface area contributed by atoms with Crippen LogP contribution in [0.2, 0.25) is 0 Å². The number of rotatable bonds is 7. The van der Waals surface area contributed by atoms with Crippen LogP contribution in [0.1, 0.15) is 43.0 Å². The van der Waals surface area contributed by atoms with Crippen molar-refractivity contribution in [1.82, 2.24) is 14.9 Å². The minimum Gasteiger partial charge on any atom is -0.478 e. The largest absolute Gasteiger partial charge is 0.478 e. The van der Waals surface area contributed by atoms with Gasteiger partial charge in [-0.15, -0.1) is 0 Å². The van der Waals surface area contributed by atoms with E-state index in [1.54, 1.807) is 31.6 Å². The van der Waals surface area contributed by atoms with E-state index in [9.17, 15) is 14.7 Å². The first-order valence-corrected chi connectivity index (χ1v) is 11.4. The van der Waals surface area contributed by atoms with Crippen LogP contribution < -0.4 is 5.32 Å². The Bertz CT molecular complexity index is 1410. The SMILES string of the molecule is COCc1ccc(CNC(=O)c2cccc(-n3cc(C(=O)O)c4c3-c3ccncc3CC4)c2)cc1. The van der Waals surface area contributed by atoms with Crippen LogP contribution in [0.25, 0.3) is 16.9 Å².